The summed E-state index contributed by atoms with van der Waals surface area (Å²) in [6.07, 6.45) is 0. The van der Waals surface area contributed by atoms with Gasteiger partial charge in [0.1, 0.15) is 0 Å². The number of nitriles is 1. The number of nitrogens with zero attached hydrogens (tertiary/aromatic N) is 1. The Morgan fingerprint density at radius 2 is 0.891 bits per heavy atom. The first-order valence-corrected chi connectivity index (χ1v) is 16.9. The molecule has 3 heteroatoms. The molecular formula is C43H25NS2. The van der Waals surface area contributed by atoms with Gasteiger partial charge in [0.05, 0.1) is 11.6 Å². The van der Waals surface area contributed by atoms with Crippen LogP contribution in [0.3, 0.4) is 0 Å². The van der Waals surface area contributed by atoms with Gasteiger partial charge in [0.25, 0.3) is 0 Å². The first-order valence-electron chi connectivity index (χ1n) is 15.3. The third-order valence-corrected chi connectivity index (χ3v) is 11.3. The van der Waals surface area contributed by atoms with E-state index in [9.17, 15) is 5.26 Å². The number of hydrogen-bond acceptors (Lipinski definition) is 3. The second-order valence-electron chi connectivity index (χ2n) is 11.6. The van der Waals surface area contributed by atoms with E-state index in [4.69, 9.17) is 0 Å². The molecule has 2 heterocycles. The fourth-order valence-electron chi connectivity index (χ4n) is 6.77. The van der Waals surface area contributed by atoms with Crippen LogP contribution in [0.1, 0.15) is 5.56 Å². The Labute approximate surface area is 274 Å². The number of rotatable bonds is 4. The van der Waals surface area contributed by atoms with Crippen LogP contribution in [0.25, 0.3) is 84.9 Å². The van der Waals surface area contributed by atoms with Gasteiger partial charge in [0.15, 0.2) is 0 Å². The maximum atomic E-state index is 10.0. The lowest BCUT2D eigenvalue weighted by atomic mass is 9.86. The average Bonchev–Trinajstić information content (AvgIpc) is 3.69. The molecule has 0 N–H and O–H groups in total. The third kappa shape index (κ3) is 4.35. The van der Waals surface area contributed by atoms with Crippen LogP contribution < -0.4 is 0 Å². The highest BCUT2D eigenvalue weighted by Gasteiger charge is 2.17. The quantitative estimate of drug-likeness (QED) is 0.192. The smallest absolute Gasteiger partial charge is 0.0998 e. The average molecular weight is 620 g/mol. The molecule has 0 aliphatic rings. The van der Waals surface area contributed by atoms with Crippen LogP contribution in [-0.2, 0) is 0 Å². The van der Waals surface area contributed by atoms with Crippen molar-refractivity contribution in [3.8, 4) is 50.6 Å². The van der Waals surface area contributed by atoms with E-state index in [0.717, 1.165) is 22.3 Å². The van der Waals surface area contributed by atoms with Crippen molar-refractivity contribution in [3.05, 3.63) is 157 Å². The van der Waals surface area contributed by atoms with Gasteiger partial charge in [-0.15, -0.1) is 22.7 Å². The molecule has 46 heavy (non-hydrogen) atoms. The molecule has 9 rings (SSSR count). The van der Waals surface area contributed by atoms with E-state index in [2.05, 4.69) is 140 Å². The Bertz CT molecular complexity index is 2670. The third-order valence-electron chi connectivity index (χ3n) is 8.97. The van der Waals surface area contributed by atoms with Crippen molar-refractivity contribution in [2.24, 2.45) is 0 Å². The molecule has 214 valence electrons. The van der Waals surface area contributed by atoms with E-state index in [-0.39, 0.29) is 0 Å². The lowest BCUT2D eigenvalue weighted by Crippen LogP contribution is -1.92. The summed E-state index contributed by atoms with van der Waals surface area (Å²) < 4.78 is 5.21. The van der Waals surface area contributed by atoms with Crippen LogP contribution >= 0.6 is 22.7 Å². The van der Waals surface area contributed by atoms with E-state index in [1.54, 1.807) is 0 Å². The largest absolute Gasteiger partial charge is 0.192 e. The van der Waals surface area contributed by atoms with Crippen molar-refractivity contribution in [1.29, 1.82) is 5.26 Å². The zero-order valence-corrected chi connectivity index (χ0v) is 26.3. The summed E-state index contributed by atoms with van der Waals surface area (Å²) in [6, 6.07) is 56.7. The molecule has 0 unspecified atom stereocenters. The highest BCUT2D eigenvalue weighted by atomic mass is 32.1. The molecule has 7 aromatic carbocycles. The summed E-state index contributed by atoms with van der Waals surface area (Å²) in [5, 5.41) is 15.2. The maximum Gasteiger partial charge on any atom is 0.0998 e. The lowest BCUT2D eigenvalue weighted by Gasteiger charge is -2.17. The SMILES string of the molecule is N#Cc1ccccc1-c1ccccc1-c1cc(-c2ccc3c(c2)sc2ccccc23)ccc1-c1ccc2sc3ccccc3c2c1. The zero-order chi connectivity index (χ0) is 30.6. The first-order chi connectivity index (χ1) is 22.7. The summed E-state index contributed by atoms with van der Waals surface area (Å²) in [4.78, 5) is 0. The number of thiophene rings is 2. The van der Waals surface area contributed by atoms with Gasteiger partial charge in [0, 0.05) is 45.9 Å². The Morgan fingerprint density at radius 3 is 1.67 bits per heavy atom. The second-order valence-corrected chi connectivity index (χ2v) is 13.7. The standard InChI is InChI=1S/C43H25NS2/c44-26-30-9-1-2-10-31(30)33-11-3-4-12-34(33)38-23-27(28-18-21-37-35-13-5-7-15-40(35)46-43(37)25-28)17-20-32(38)29-19-22-42-39(24-29)36-14-6-8-16-41(36)45-42/h1-25H. The number of hydrogen-bond donors (Lipinski definition) is 0. The van der Waals surface area contributed by atoms with E-state index in [0.29, 0.717) is 5.56 Å². The molecular weight excluding hydrogens is 595 g/mol. The van der Waals surface area contributed by atoms with Crippen LogP contribution in [0, 0.1) is 11.3 Å². The van der Waals surface area contributed by atoms with E-state index >= 15 is 0 Å². The van der Waals surface area contributed by atoms with Gasteiger partial charge in [-0.1, -0.05) is 109 Å². The minimum Gasteiger partial charge on any atom is -0.192 e. The molecule has 0 aliphatic heterocycles. The van der Waals surface area contributed by atoms with Gasteiger partial charge in [-0.2, -0.15) is 5.26 Å². The molecule has 0 spiro atoms. The Balaban J connectivity index is 1.29. The normalized spacial score (nSPS) is 11.5. The molecule has 0 atom stereocenters. The van der Waals surface area contributed by atoms with Crippen molar-refractivity contribution in [2.75, 3.05) is 0 Å². The van der Waals surface area contributed by atoms with Gasteiger partial charge in [0.2, 0.25) is 0 Å². The van der Waals surface area contributed by atoms with Crippen LogP contribution in [0.2, 0.25) is 0 Å². The Kier molecular flexibility index (Phi) is 6.31. The van der Waals surface area contributed by atoms with Gasteiger partial charge < -0.3 is 0 Å². The highest BCUT2D eigenvalue weighted by Crippen LogP contribution is 2.44. The lowest BCUT2D eigenvalue weighted by molar-refractivity contribution is 1.47. The van der Waals surface area contributed by atoms with Crippen molar-refractivity contribution < 1.29 is 0 Å². The van der Waals surface area contributed by atoms with Crippen molar-refractivity contribution in [2.45, 2.75) is 0 Å². The highest BCUT2D eigenvalue weighted by molar-refractivity contribution is 7.26. The monoisotopic (exact) mass is 619 g/mol. The van der Waals surface area contributed by atoms with E-state index < -0.39 is 0 Å². The fourth-order valence-corrected chi connectivity index (χ4v) is 9.00. The topological polar surface area (TPSA) is 23.8 Å². The van der Waals surface area contributed by atoms with Crippen LogP contribution in [0.4, 0.5) is 0 Å². The number of benzene rings is 7. The predicted octanol–water partition coefficient (Wildman–Crippen LogP) is 13.0. The van der Waals surface area contributed by atoms with Crippen molar-refractivity contribution >= 4 is 63.0 Å². The minimum atomic E-state index is 0.675. The molecule has 0 radical (unpaired) electrons. The van der Waals surface area contributed by atoms with Crippen molar-refractivity contribution in [1.82, 2.24) is 0 Å². The Hall–Kier alpha value is -5.53. The summed E-state index contributed by atoms with van der Waals surface area (Å²) >= 11 is 3.69. The van der Waals surface area contributed by atoms with Crippen LogP contribution in [0.5, 0.6) is 0 Å². The molecule has 0 saturated heterocycles. The number of fused-ring (bicyclic) bond motifs is 6. The molecule has 0 amide bonds. The van der Waals surface area contributed by atoms with Gasteiger partial charge in [-0.25, -0.2) is 0 Å². The maximum absolute atomic E-state index is 10.0. The molecule has 0 bridgehead atoms. The first kappa shape index (κ1) is 26.8. The molecule has 0 fully saturated rings. The second kappa shape index (κ2) is 10.8. The Morgan fingerprint density at radius 1 is 0.348 bits per heavy atom. The molecule has 2 aromatic heterocycles. The summed E-state index contributed by atoms with van der Waals surface area (Å²) in [5.74, 6) is 0. The molecule has 1 nitrogen and oxygen atoms in total. The van der Waals surface area contributed by atoms with Gasteiger partial charge in [-0.3, -0.25) is 0 Å². The summed E-state index contributed by atoms with van der Waals surface area (Å²) in [5.41, 5.74) is 9.66. The van der Waals surface area contributed by atoms with E-state index in [1.165, 1.54) is 62.6 Å². The summed E-state index contributed by atoms with van der Waals surface area (Å²) in [6.45, 7) is 0. The van der Waals surface area contributed by atoms with Gasteiger partial charge >= 0.3 is 0 Å². The van der Waals surface area contributed by atoms with Crippen LogP contribution in [0.15, 0.2) is 152 Å². The molecule has 9 aromatic rings. The zero-order valence-electron chi connectivity index (χ0n) is 24.7. The molecule has 0 saturated carbocycles. The van der Waals surface area contributed by atoms with E-state index in [1.807, 2.05) is 40.9 Å². The minimum absolute atomic E-state index is 0.675. The predicted molar refractivity (Wildman–Crippen MR) is 199 cm³/mol. The van der Waals surface area contributed by atoms with Crippen molar-refractivity contribution in [3.63, 3.8) is 0 Å². The van der Waals surface area contributed by atoms with Crippen LogP contribution in [-0.4, -0.2) is 0 Å². The fraction of sp³-hybridized carbons (Fsp3) is 0. The summed E-state index contributed by atoms with van der Waals surface area (Å²) in [7, 11) is 0. The van der Waals surface area contributed by atoms with Gasteiger partial charge in [-0.05, 0) is 81.4 Å². The molecule has 0 aliphatic carbocycles.